The van der Waals surface area contributed by atoms with Gasteiger partial charge in [0.2, 0.25) is 16.4 Å². The molecule has 0 bridgehead atoms. The topological polar surface area (TPSA) is 70.5 Å². The van der Waals surface area contributed by atoms with E-state index in [0.717, 1.165) is 21.1 Å². The van der Waals surface area contributed by atoms with Crippen molar-refractivity contribution in [2.75, 3.05) is 0 Å². The number of thiazole rings is 1. The number of aromatic nitrogens is 2. The van der Waals surface area contributed by atoms with Gasteiger partial charge >= 0.3 is 0 Å². The molecule has 0 radical (unpaired) electrons. The number of ketones is 1. The maximum absolute atomic E-state index is 12.5. The number of halogens is 1. The van der Waals surface area contributed by atoms with Crippen molar-refractivity contribution < 1.29 is 4.79 Å². The van der Waals surface area contributed by atoms with E-state index in [0.29, 0.717) is 10.7 Å². The summed E-state index contributed by atoms with van der Waals surface area (Å²) >= 11 is 7.53. The number of azo groups is 1. The summed E-state index contributed by atoms with van der Waals surface area (Å²) in [4.78, 5) is 19.9. The second kappa shape index (κ2) is 6.14. The number of para-hydroxylation sites is 2. The molecule has 7 heteroatoms. The Morgan fingerprint density at radius 1 is 1.17 bits per heavy atom. The number of fused-ring (bicyclic) bond motifs is 2. The van der Waals surface area contributed by atoms with Crippen LogP contribution in [0.15, 0.2) is 65.0 Å². The van der Waals surface area contributed by atoms with Crippen molar-refractivity contribution in [2.45, 2.75) is 5.50 Å². The first-order valence-electron chi connectivity index (χ1n) is 7.23. The van der Waals surface area contributed by atoms with Crippen molar-refractivity contribution in [1.82, 2.24) is 9.97 Å². The van der Waals surface area contributed by atoms with Gasteiger partial charge in [-0.15, -0.1) is 5.11 Å². The van der Waals surface area contributed by atoms with Crippen molar-refractivity contribution in [3.05, 3.63) is 60.3 Å². The van der Waals surface area contributed by atoms with Crippen molar-refractivity contribution in [3.8, 4) is 0 Å². The third-order valence-corrected chi connectivity index (χ3v) is 4.80. The van der Waals surface area contributed by atoms with Crippen LogP contribution in [-0.4, -0.2) is 21.3 Å². The number of hydrogen-bond donors (Lipinski definition) is 1. The minimum absolute atomic E-state index is 0.293. The fraction of sp³-hybridized carbons (Fsp3) is 0.0588. The van der Waals surface area contributed by atoms with Crippen LogP contribution >= 0.6 is 22.9 Å². The monoisotopic (exact) mass is 354 g/mol. The molecule has 4 rings (SSSR count). The Bertz CT molecular complexity index is 1040. The molecular weight excluding hydrogens is 344 g/mol. The van der Waals surface area contributed by atoms with Crippen LogP contribution < -0.4 is 0 Å². The SMILES string of the molecule is O=C(c1c[nH]c2ccccc12)C(Cl)N=Nc1nc2ccccc2s1. The van der Waals surface area contributed by atoms with Gasteiger partial charge in [0.15, 0.2) is 0 Å². The Morgan fingerprint density at radius 3 is 2.83 bits per heavy atom. The van der Waals surface area contributed by atoms with Gasteiger partial charge in [-0.25, -0.2) is 4.98 Å². The Hall–Kier alpha value is -2.57. The Kier molecular flexibility index (Phi) is 3.84. The number of alkyl halides is 1. The van der Waals surface area contributed by atoms with Crippen molar-refractivity contribution in [3.63, 3.8) is 0 Å². The average molecular weight is 355 g/mol. The van der Waals surface area contributed by atoms with Gasteiger partial charge in [-0.05, 0) is 18.2 Å². The summed E-state index contributed by atoms with van der Waals surface area (Å²) in [6.45, 7) is 0. The van der Waals surface area contributed by atoms with Gasteiger partial charge in [-0.3, -0.25) is 4.79 Å². The molecule has 2 heterocycles. The van der Waals surface area contributed by atoms with Crippen LogP contribution in [0.4, 0.5) is 5.13 Å². The molecule has 5 nitrogen and oxygen atoms in total. The van der Waals surface area contributed by atoms with E-state index >= 15 is 0 Å². The van der Waals surface area contributed by atoms with E-state index in [9.17, 15) is 4.79 Å². The van der Waals surface area contributed by atoms with E-state index in [1.54, 1.807) is 6.20 Å². The molecule has 1 unspecified atom stereocenters. The molecule has 0 saturated heterocycles. The van der Waals surface area contributed by atoms with E-state index in [1.165, 1.54) is 11.3 Å². The molecule has 0 saturated carbocycles. The highest BCUT2D eigenvalue weighted by atomic mass is 35.5. The van der Waals surface area contributed by atoms with Gasteiger partial charge in [0.1, 0.15) is 0 Å². The summed E-state index contributed by atoms with van der Waals surface area (Å²) in [6, 6.07) is 15.3. The molecular formula is C17H11ClN4OS. The number of rotatable bonds is 4. The van der Waals surface area contributed by atoms with Gasteiger partial charge in [-0.2, -0.15) is 5.11 Å². The standard InChI is InChI=1S/C17H11ClN4OS/c18-16(15(23)11-9-19-12-6-2-1-5-10(11)12)21-22-17-20-13-7-3-4-8-14(13)24-17/h1-9,16,19H. The summed E-state index contributed by atoms with van der Waals surface area (Å²) < 4.78 is 1.01. The normalized spacial score (nSPS) is 13.0. The number of Topliss-reactive ketones (excluding diaryl/α,β-unsaturated/α-hetero) is 1. The number of carbonyl (C=O) groups is 1. The number of nitrogens with zero attached hydrogens (tertiary/aromatic N) is 3. The molecule has 24 heavy (non-hydrogen) atoms. The highest BCUT2D eigenvalue weighted by Gasteiger charge is 2.20. The third kappa shape index (κ3) is 2.70. The molecule has 2 aromatic carbocycles. The zero-order chi connectivity index (χ0) is 16.5. The average Bonchev–Trinajstić information content (AvgIpc) is 3.22. The van der Waals surface area contributed by atoms with Crippen LogP contribution in [0, 0.1) is 0 Å². The smallest absolute Gasteiger partial charge is 0.230 e. The minimum atomic E-state index is -1.09. The van der Waals surface area contributed by atoms with Gasteiger partial charge < -0.3 is 4.98 Å². The minimum Gasteiger partial charge on any atom is -0.360 e. The molecule has 0 aliphatic carbocycles. The highest BCUT2D eigenvalue weighted by Crippen LogP contribution is 2.28. The zero-order valence-corrected chi connectivity index (χ0v) is 13.9. The van der Waals surface area contributed by atoms with Crippen LogP contribution in [0.1, 0.15) is 10.4 Å². The highest BCUT2D eigenvalue weighted by molar-refractivity contribution is 7.21. The molecule has 4 aromatic rings. The van der Waals surface area contributed by atoms with Crippen molar-refractivity contribution in [1.29, 1.82) is 0 Å². The molecule has 0 aliphatic rings. The van der Waals surface area contributed by atoms with Gasteiger partial charge in [0, 0.05) is 22.7 Å². The maximum Gasteiger partial charge on any atom is 0.230 e. The molecule has 2 aromatic heterocycles. The van der Waals surface area contributed by atoms with E-state index in [1.807, 2.05) is 48.5 Å². The van der Waals surface area contributed by atoms with Crippen molar-refractivity contribution in [2.24, 2.45) is 10.2 Å². The number of aromatic amines is 1. The predicted octanol–water partition coefficient (Wildman–Crippen LogP) is 5.31. The van der Waals surface area contributed by atoms with Crippen LogP contribution in [0.25, 0.3) is 21.1 Å². The summed E-state index contributed by atoms with van der Waals surface area (Å²) in [6.07, 6.45) is 1.65. The van der Waals surface area contributed by atoms with Crippen LogP contribution in [0.3, 0.4) is 0 Å². The Labute approximate surface area is 146 Å². The van der Waals surface area contributed by atoms with E-state index in [2.05, 4.69) is 20.2 Å². The molecule has 0 amide bonds. The number of H-pyrrole nitrogens is 1. The second-order valence-electron chi connectivity index (χ2n) is 5.13. The first-order valence-corrected chi connectivity index (χ1v) is 8.48. The number of hydrogen-bond acceptors (Lipinski definition) is 5. The lowest BCUT2D eigenvalue weighted by molar-refractivity contribution is 0.0989. The lowest BCUT2D eigenvalue weighted by atomic mass is 10.1. The van der Waals surface area contributed by atoms with Crippen LogP contribution in [0.5, 0.6) is 0 Å². The number of nitrogens with one attached hydrogen (secondary N) is 1. The first kappa shape index (κ1) is 15.0. The van der Waals surface area contributed by atoms with Gasteiger partial charge in [0.05, 0.1) is 10.2 Å². The summed E-state index contributed by atoms with van der Waals surface area (Å²) in [5, 5.41) is 9.25. The molecule has 1 N–H and O–H groups in total. The maximum atomic E-state index is 12.5. The van der Waals surface area contributed by atoms with E-state index < -0.39 is 5.50 Å². The molecule has 0 aliphatic heterocycles. The van der Waals surface area contributed by atoms with Crippen LogP contribution in [-0.2, 0) is 0 Å². The van der Waals surface area contributed by atoms with E-state index in [-0.39, 0.29) is 5.78 Å². The van der Waals surface area contributed by atoms with Gasteiger partial charge in [0.25, 0.3) is 0 Å². The number of carbonyl (C=O) groups excluding carboxylic acids is 1. The summed E-state index contributed by atoms with van der Waals surface area (Å²) in [5.74, 6) is -0.293. The third-order valence-electron chi connectivity index (χ3n) is 3.60. The lowest BCUT2D eigenvalue weighted by Gasteiger charge is -2.00. The Morgan fingerprint density at radius 2 is 1.96 bits per heavy atom. The summed E-state index contributed by atoms with van der Waals surface area (Å²) in [7, 11) is 0. The summed E-state index contributed by atoms with van der Waals surface area (Å²) in [5.41, 5.74) is 1.16. The first-order chi connectivity index (χ1) is 11.7. The van der Waals surface area contributed by atoms with Gasteiger partial charge in [-0.1, -0.05) is 53.3 Å². The zero-order valence-electron chi connectivity index (χ0n) is 12.3. The van der Waals surface area contributed by atoms with Crippen molar-refractivity contribution >= 4 is 55.0 Å². The Balaban J connectivity index is 1.58. The van der Waals surface area contributed by atoms with Crippen LogP contribution in [0.2, 0.25) is 0 Å². The molecule has 0 spiro atoms. The molecule has 118 valence electrons. The lowest BCUT2D eigenvalue weighted by Crippen LogP contribution is -2.11. The predicted molar refractivity (Wildman–Crippen MR) is 96.4 cm³/mol. The fourth-order valence-electron chi connectivity index (χ4n) is 2.46. The van der Waals surface area contributed by atoms with E-state index in [4.69, 9.17) is 11.6 Å². The fourth-order valence-corrected chi connectivity index (χ4v) is 3.41. The molecule has 1 atom stereocenters. The molecule has 0 fully saturated rings. The quantitative estimate of drug-likeness (QED) is 0.233. The number of benzene rings is 2. The largest absolute Gasteiger partial charge is 0.360 e. The second-order valence-corrected chi connectivity index (χ2v) is 6.55.